The van der Waals surface area contributed by atoms with Crippen LogP contribution in [0.25, 0.3) is 11.1 Å². The average molecular weight is 370 g/mol. The quantitative estimate of drug-likeness (QED) is 0.764. The van der Waals surface area contributed by atoms with Crippen LogP contribution in [0.4, 0.5) is 0 Å². The molecule has 3 aromatic rings. The molecule has 1 heterocycles. The van der Waals surface area contributed by atoms with Crippen molar-refractivity contribution in [2.24, 2.45) is 0 Å². The third-order valence-electron chi connectivity index (χ3n) is 5.08. The summed E-state index contributed by atoms with van der Waals surface area (Å²) in [7, 11) is 0. The molecule has 4 rings (SSSR count). The van der Waals surface area contributed by atoms with Crippen molar-refractivity contribution in [1.29, 1.82) is 0 Å². The van der Waals surface area contributed by atoms with Gasteiger partial charge in [0.05, 0.1) is 0 Å². The van der Waals surface area contributed by atoms with E-state index in [1.165, 1.54) is 0 Å². The standard InChI is InChI=1S/C24H22N2O2/c27-23-22(16-18-8-3-1-4-9-18)26(15-14-25-23)24(28)21-13-7-12-20(17-21)19-10-5-2-6-11-19/h1-13,17,22H,14-16H2,(H,25,27). The van der Waals surface area contributed by atoms with E-state index in [1.807, 2.05) is 84.9 Å². The first kappa shape index (κ1) is 18.0. The van der Waals surface area contributed by atoms with Crippen LogP contribution in [0.15, 0.2) is 84.9 Å². The summed E-state index contributed by atoms with van der Waals surface area (Å²) in [6.45, 7) is 0.992. The minimum atomic E-state index is -0.496. The maximum atomic E-state index is 13.3. The van der Waals surface area contributed by atoms with E-state index in [2.05, 4.69) is 5.32 Å². The molecule has 0 aromatic heterocycles. The van der Waals surface area contributed by atoms with Gasteiger partial charge in [0.2, 0.25) is 5.91 Å². The highest BCUT2D eigenvalue weighted by Crippen LogP contribution is 2.22. The lowest BCUT2D eigenvalue weighted by Crippen LogP contribution is -2.58. The lowest BCUT2D eigenvalue weighted by molar-refractivity contribution is -0.127. The lowest BCUT2D eigenvalue weighted by Gasteiger charge is -2.35. The fraction of sp³-hybridized carbons (Fsp3) is 0.167. The largest absolute Gasteiger partial charge is 0.353 e. The average Bonchev–Trinajstić information content (AvgIpc) is 2.76. The molecule has 4 nitrogen and oxygen atoms in total. The number of carbonyl (C=O) groups is 2. The van der Waals surface area contributed by atoms with Crippen LogP contribution in [-0.2, 0) is 11.2 Å². The van der Waals surface area contributed by atoms with Crippen LogP contribution in [0, 0.1) is 0 Å². The van der Waals surface area contributed by atoms with E-state index >= 15 is 0 Å². The van der Waals surface area contributed by atoms with Gasteiger partial charge in [0.1, 0.15) is 6.04 Å². The van der Waals surface area contributed by atoms with Gasteiger partial charge in [-0.15, -0.1) is 0 Å². The summed E-state index contributed by atoms with van der Waals surface area (Å²) in [5.41, 5.74) is 3.70. The fourth-order valence-electron chi connectivity index (χ4n) is 3.63. The smallest absolute Gasteiger partial charge is 0.254 e. The van der Waals surface area contributed by atoms with Crippen molar-refractivity contribution in [2.45, 2.75) is 12.5 Å². The molecule has 0 spiro atoms. The van der Waals surface area contributed by atoms with Gasteiger partial charge in [-0.25, -0.2) is 0 Å². The molecule has 0 saturated carbocycles. The van der Waals surface area contributed by atoms with Crippen molar-refractivity contribution in [3.05, 3.63) is 96.1 Å². The number of rotatable bonds is 4. The Morgan fingerprint density at radius 1 is 0.893 bits per heavy atom. The Morgan fingerprint density at radius 2 is 1.57 bits per heavy atom. The number of hydrogen-bond acceptors (Lipinski definition) is 2. The minimum Gasteiger partial charge on any atom is -0.353 e. The monoisotopic (exact) mass is 370 g/mol. The van der Waals surface area contributed by atoms with Gasteiger partial charge in [0, 0.05) is 25.1 Å². The number of amides is 2. The molecule has 1 unspecified atom stereocenters. The lowest BCUT2D eigenvalue weighted by atomic mass is 9.99. The third kappa shape index (κ3) is 3.81. The summed E-state index contributed by atoms with van der Waals surface area (Å²) >= 11 is 0. The van der Waals surface area contributed by atoms with Crippen LogP contribution in [0.5, 0.6) is 0 Å². The van der Waals surface area contributed by atoms with Gasteiger partial charge in [0.15, 0.2) is 0 Å². The number of nitrogens with zero attached hydrogens (tertiary/aromatic N) is 1. The fourth-order valence-corrected chi connectivity index (χ4v) is 3.63. The highest BCUT2D eigenvalue weighted by molar-refractivity contribution is 5.99. The van der Waals surface area contributed by atoms with Crippen molar-refractivity contribution in [3.63, 3.8) is 0 Å². The number of nitrogens with one attached hydrogen (secondary N) is 1. The molecule has 1 aliphatic heterocycles. The van der Waals surface area contributed by atoms with Crippen molar-refractivity contribution in [3.8, 4) is 11.1 Å². The first-order valence-electron chi connectivity index (χ1n) is 9.50. The van der Waals surface area contributed by atoms with E-state index in [0.717, 1.165) is 16.7 Å². The molecule has 2 amide bonds. The van der Waals surface area contributed by atoms with Gasteiger partial charge in [-0.2, -0.15) is 0 Å². The van der Waals surface area contributed by atoms with Gasteiger partial charge < -0.3 is 10.2 Å². The van der Waals surface area contributed by atoms with E-state index in [0.29, 0.717) is 25.1 Å². The molecule has 28 heavy (non-hydrogen) atoms. The summed E-state index contributed by atoms with van der Waals surface area (Å²) in [4.78, 5) is 27.5. The molecule has 0 radical (unpaired) electrons. The predicted octanol–water partition coefficient (Wildman–Crippen LogP) is 3.54. The van der Waals surface area contributed by atoms with Crippen LogP contribution >= 0.6 is 0 Å². The topological polar surface area (TPSA) is 49.4 Å². The van der Waals surface area contributed by atoms with Crippen molar-refractivity contribution in [1.82, 2.24) is 10.2 Å². The van der Waals surface area contributed by atoms with Gasteiger partial charge in [-0.05, 0) is 28.8 Å². The van der Waals surface area contributed by atoms with Crippen molar-refractivity contribution >= 4 is 11.8 Å². The van der Waals surface area contributed by atoms with E-state index in [4.69, 9.17) is 0 Å². The normalized spacial score (nSPS) is 16.5. The van der Waals surface area contributed by atoms with Gasteiger partial charge in [-0.1, -0.05) is 72.8 Å². The Morgan fingerprint density at radius 3 is 2.32 bits per heavy atom. The van der Waals surface area contributed by atoms with Crippen molar-refractivity contribution < 1.29 is 9.59 Å². The maximum Gasteiger partial charge on any atom is 0.254 e. The predicted molar refractivity (Wildman–Crippen MR) is 110 cm³/mol. The maximum absolute atomic E-state index is 13.3. The van der Waals surface area contributed by atoms with Crippen LogP contribution in [0.1, 0.15) is 15.9 Å². The molecule has 1 fully saturated rings. The zero-order valence-electron chi connectivity index (χ0n) is 15.5. The first-order chi connectivity index (χ1) is 13.7. The highest BCUT2D eigenvalue weighted by Gasteiger charge is 2.33. The second-order valence-electron chi connectivity index (χ2n) is 6.94. The Kier molecular flexibility index (Phi) is 5.20. The number of carbonyl (C=O) groups excluding carboxylic acids is 2. The number of piperazine rings is 1. The van der Waals surface area contributed by atoms with Crippen LogP contribution in [0.3, 0.4) is 0 Å². The third-order valence-corrected chi connectivity index (χ3v) is 5.08. The molecule has 1 N–H and O–H groups in total. The SMILES string of the molecule is O=C1NCCN(C(=O)c2cccc(-c3ccccc3)c2)C1Cc1ccccc1. The molecule has 1 saturated heterocycles. The Bertz CT molecular complexity index is 970. The second kappa shape index (κ2) is 8.09. The summed E-state index contributed by atoms with van der Waals surface area (Å²) in [5, 5.41) is 2.89. The Labute approximate surface area is 164 Å². The van der Waals surface area contributed by atoms with Crippen molar-refractivity contribution in [2.75, 3.05) is 13.1 Å². The minimum absolute atomic E-state index is 0.0948. The van der Waals surface area contributed by atoms with Gasteiger partial charge in [-0.3, -0.25) is 9.59 Å². The van der Waals surface area contributed by atoms with E-state index in [-0.39, 0.29) is 11.8 Å². The Hall–Kier alpha value is -3.40. The molecule has 3 aromatic carbocycles. The molecule has 140 valence electrons. The summed E-state index contributed by atoms with van der Waals surface area (Å²) in [6.07, 6.45) is 0.511. The van der Waals surface area contributed by atoms with E-state index in [1.54, 1.807) is 4.90 Å². The molecule has 4 heteroatoms. The molecular formula is C24H22N2O2. The molecule has 0 bridgehead atoms. The number of hydrogen-bond donors (Lipinski definition) is 1. The van der Waals surface area contributed by atoms with Crippen LogP contribution in [-0.4, -0.2) is 35.8 Å². The zero-order valence-corrected chi connectivity index (χ0v) is 15.5. The first-order valence-corrected chi connectivity index (χ1v) is 9.50. The molecule has 1 atom stereocenters. The van der Waals surface area contributed by atoms with Crippen LogP contribution in [0.2, 0.25) is 0 Å². The van der Waals surface area contributed by atoms with E-state index in [9.17, 15) is 9.59 Å². The summed E-state index contributed by atoms with van der Waals surface area (Å²) < 4.78 is 0. The van der Waals surface area contributed by atoms with Gasteiger partial charge >= 0.3 is 0 Å². The Balaban J connectivity index is 1.61. The van der Waals surface area contributed by atoms with E-state index < -0.39 is 6.04 Å². The van der Waals surface area contributed by atoms with Gasteiger partial charge in [0.25, 0.3) is 5.91 Å². The number of benzene rings is 3. The summed E-state index contributed by atoms with van der Waals surface area (Å²) in [6, 6.07) is 26.9. The van der Waals surface area contributed by atoms with Crippen LogP contribution < -0.4 is 5.32 Å². The second-order valence-corrected chi connectivity index (χ2v) is 6.94. The highest BCUT2D eigenvalue weighted by atomic mass is 16.2. The molecule has 0 aliphatic carbocycles. The molecule has 1 aliphatic rings. The molecular weight excluding hydrogens is 348 g/mol. The summed E-state index contributed by atoms with van der Waals surface area (Å²) in [5.74, 6) is -0.198. The zero-order chi connectivity index (χ0) is 19.3.